The predicted octanol–water partition coefficient (Wildman–Crippen LogP) is 0.841. The van der Waals surface area contributed by atoms with Crippen LogP contribution in [0.15, 0.2) is 28.9 Å². The first-order chi connectivity index (χ1) is 18.2. The van der Waals surface area contributed by atoms with Crippen LogP contribution in [0.25, 0.3) is 11.3 Å². The number of ether oxygens (including phenoxy) is 2. The number of hydrogen-bond donors (Lipinski definition) is 4. The van der Waals surface area contributed by atoms with Gasteiger partial charge in [-0.3, -0.25) is 0 Å². The molecule has 2 aliphatic rings. The second-order valence-corrected chi connectivity index (χ2v) is 9.58. The first kappa shape index (κ1) is 26.7. The lowest BCUT2D eigenvalue weighted by Gasteiger charge is -2.43. The van der Waals surface area contributed by atoms with E-state index in [0.29, 0.717) is 37.4 Å². The summed E-state index contributed by atoms with van der Waals surface area (Å²) in [6, 6.07) is 2.31. The Bertz CT molecular complexity index is 1240. The number of aliphatic hydroxyl groups is 3. The summed E-state index contributed by atoms with van der Waals surface area (Å²) in [7, 11) is 1.41. The molecule has 4 N–H and O–H groups in total. The summed E-state index contributed by atoms with van der Waals surface area (Å²) < 4.78 is 59.2. The van der Waals surface area contributed by atoms with E-state index < -0.39 is 60.1 Å². The van der Waals surface area contributed by atoms with Crippen LogP contribution in [-0.2, 0) is 21.5 Å². The van der Waals surface area contributed by atoms with Gasteiger partial charge in [0.15, 0.2) is 23.2 Å². The van der Waals surface area contributed by atoms with E-state index in [1.807, 2.05) is 0 Å². The molecule has 206 valence electrons. The summed E-state index contributed by atoms with van der Waals surface area (Å²) >= 11 is 0. The van der Waals surface area contributed by atoms with E-state index >= 15 is 0 Å². The number of aliphatic hydroxyl groups excluding tert-OH is 2. The molecule has 1 aromatic carbocycles. The van der Waals surface area contributed by atoms with Crippen LogP contribution in [0.5, 0.6) is 0 Å². The highest BCUT2D eigenvalue weighted by molar-refractivity contribution is 5.57. The minimum Gasteiger partial charge on any atom is -0.394 e. The molecule has 2 saturated heterocycles. The highest BCUT2D eigenvalue weighted by atomic mass is 19.2. The van der Waals surface area contributed by atoms with Gasteiger partial charge in [-0.25, -0.2) is 17.9 Å². The smallest absolute Gasteiger partial charge is 0.194 e. The predicted molar refractivity (Wildman–Crippen MR) is 123 cm³/mol. The van der Waals surface area contributed by atoms with Crippen molar-refractivity contribution < 1.29 is 42.5 Å². The van der Waals surface area contributed by atoms with Crippen molar-refractivity contribution >= 4 is 0 Å². The average Bonchev–Trinajstić information content (AvgIpc) is 3.58. The Kier molecular flexibility index (Phi) is 7.53. The first-order valence-corrected chi connectivity index (χ1v) is 12.2. The van der Waals surface area contributed by atoms with Gasteiger partial charge in [0.25, 0.3) is 0 Å². The lowest BCUT2D eigenvalue weighted by molar-refractivity contribution is -0.212. The number of benzene rings is 1. The van der Waals surface area contributed by atoms with E-state index in [1.54, 1.807) is 6.07 Å². The van der Waals surface area contributed by atoms with Crippen molar-refractivity contribution in [2.45, 2.75) is 55.3 Å². The average molecular weight is 540 g/mol. The van der Waals surface area contributed by atoms with Crippen LogP contribution in [0.4, 0.5) is 13.2 Å². The Balaban J connectivity index is 1.41. The topological polar surface area (TPSA) is 148 Å². The third-order valence-corrected chi connectivity index (χ3v) is 7.19. The van der Waals surface area contributed by atoms with Gasteiger partial charge in [-0.2, -0.15) is 0 Å². The summed E-state index contributed by atoms with van der Waals surface area (Å²) in [5.41, 5.74) is -0.676. The maximum absolute atomic E-state index is 13.8. The zero-order valence-electron chi connectivity index (χ0n) is 20.4. The monoisotopic (exact) mass is 539 g/mol. The van der Waals surface area contributed by atoms with Gasteiger partial charge in [0.1, 0.15) is 35.6 Å². The molecule has 4 heterocycles. The van der Waals surface area contributed by atoms with Crippen LogP contribution in [0.3, 0.4) is 0 Å². The minimum atomic E-state index is -1.60. The van der Waals surface area contributed by atoms with E-state index in [-0.39, 0.29) is 17.7 Å². The normalized spacial score (nSPS) is 27.5. The third kappa shape index (κ3) is 4.95. The molecule has 0 radical (unpaired) electrons. The molecular weight excluding hydrogens is 511 g/mol. The molecule has 38 heavy (non-hydrogen) atoms. The minimum absolute atomic E-state index is 0.0322. The van der Waals surface area contributed by atoms with Crippen molar-refractivity contribution in [2.75, 3.05) is 26.8 Å². The summed E-state index contributed by atoms with van der Waals surface area (Å²) in [4.78, 5) is 0. The largest absolute Gasteiger partial charge is 0.394 e. The number of aromatic nitrogens is 4. The zero-order chi connectivity index (χ0) is 27.0. The summed E-state index contributed by atoms with van der Waals surface area (Å²) in [5.74, 6) is -4.01. The number of nitrogens with zero attached hydrogens (tertiary/aromatic N) is 4. The fourth-order valence-electron chi connectivity index (χ4n) is 5.11. The highest BCUT2D eigenvalue weighted by Crippen LogP contribution is 2.35. The second-order valence-electron chi connectivity index (χ2n) is 9.58. The molecule has 0 spiro atoms. The molecule has 0 unspecified atom stereocenters. The Morgan fingerprint density at radius 1 is 1.16 bits per heavy atom. The van der Waals surface area contributed by atoms with Crippen molar-refractivity contribution in [3.63, 3.8) is 0 Å². The van der Waals surface area contributed by atoms with Gasteiger partial charge in [-0.05, 0) is 38.1 Å². The lowest BCUT2D eigenvalue weighted by Crippen LogP contribution is -2.57. The van der Waals surface area contributed by atoms with Crippen molar-refractivity contribution in [3.8, 4) is 11.3 Å². The number of halogens is 3. The fourth-order valence-corrected chi connectivity index (χ4v) is 5.11. The summed E-state index contributed by atoms with van der Waals surface area (Å²) in [6.07, 6.45) is -1.44. The van der Waals surface area contributed by atoms with Crippen molar-refractivity contribution in [1.82, 2.24) is 25.5 Å². The summed E-state index contributed by atoms with van der Waals surface area (Å²) in [6.45, 7) is 0.759. The van der Waals surface area contributed by atoms with Crippen LogP contribution in [-0.4, -0.2) is 86.7 Å². The van der Waals surface area contributed by atoms with Gasteiger partial charge in [0.05, 0.1) is 24.6 Å². The molecule has 0 bridgehead atoms. The van der Waals surface area contributed by atoms with Gasteiger partial charge in [0, 0.05) is 25.2 Å². The van der Waals surface area contributed by atoms with E-state index in [0.717, 1.165) is 12.1 Å². The number of rotatable bonds is 7. The Morgan fingerprint density at radius 3 is 2.53 bits per heavy atom. The maximum atomic E-state index is 13.8. The van der Waals surface area contributed by atoms with E-state index in [9.17, 15) is 28.5 Å². The van der Waals surface area contributed by atoms with Crippen LogP contribution in [0.1, 0.15) is 30.3 Å². The molecule has 5 atom stereocenters. The molecule has 3 aromatic rings. The Labute approximate surface area is 215 Å². The number of hydrogen-bond acceptors (Lipinski definition) is 10. The molecule has 2 aromatic heterocycles. The number of methoxy groups -OCH3 is 1. The molecule has 14 heteroatoms. The van der Waals surface area contributed by atoms with Crippen LogP contribution in [0.2, 0.25) is 0 Å². The first-order valence-electron chi connectivity index (χ1n) is 12.2. The van der Waals surface area contributed by atoms with E-state index in [4.69, 9.17) is 14.0 Å². The number of nitrogens with one attached hydrogen (secondary N) is 1. The third-order valence-electron chi connectivity index (χ3n) is 7.19. The van der Waals surface area contributed by atoms with Crippen molar-refractivity contribution in [1.29, 1.82) is 0 Å². The molecule has 0 saturated carbocycles. The van der Waals surface area contributed by atoms with Crippen molar-refractivity contribution in [2.24, 2.45) is 0 Å². The maximum Gasteiger partial charge on any atom is 0.194 e. The van der Waals surface area contributed by atoms with Crippen molar-refractivity contribution in [3.05, 3.63) is 53.3 Å². The highest BCUT2D eigenvalue weighted by Gasteiger charge is 2.47. The van der Waals surface area contributed by atoms with Crippen LogP contribution in [0, 0.1) is 17.5 Å². The molecule has 11 nitrogen and oxygen atoms in total. The Hall–Kier alpha value is -2.88. The molecule has 5 rings (SSSR count). The quantitative estimate of drug-likeness (QED) is 0.319. The standard InChI is InChI=1S/C24H28F3N5O6/c1-36-23-17(8-13-9-19(38-30-13)24(35)2-4-28-5-3-24)37-18(11-33)22(34)21(23)32-10-16(29-31-32)12-6-14(25)20(27)15(26)7-12/h6-7,9-10,17-18,21-23,28,33-35H,2-5,8,11H2,1H3/t17-,18-,21+,22+,23+/m1/s1. The van der Waals surface area contributed by atoms with Gasteiger partial charge >= 0.3 is 0 Å². The SMILES string of the molecule is CO[C@@H]1[C@@H](n2cc(-c3cc(F)c(F)c(F)c3)nn2)[C@@H](O)[C@@H](CO)O[C@@H]1Cc1cc(C2(O)CCNCC2)on1. The van der Waals surface area contributed by atoms with Gasteiger partial charge in [-0.1, -0.05) is 10.4 Å². The van der Waals surface area contributed by atoms with Gasteiger partial charge < -0.3 is 34.6 Å². The lowest BCUT2D eigenvalue weighted by atomic mass is 9.88. The molecule has 2 fully saturated rings. The molecule has 2 aliphatic heterocycles. The van der Waals surface area contributed by atoms with E-state index in [1.165, 1.54) is 18.0 Å². The number of piperidine rings is 1. The van der Waals surface area contributed by atoms with Gasteiger partial charge in [-0.15, -0.1) is 5.10 Å². The fraction of sp³-hybridized carbons (Fsp3) is 0.542. The van der Waals surface area contributed by atoms with Gasteiger partial charge in [0.2, 0.25) is 0 Å². The summed E-state index contributed by atoms with van der Waals surface area (Å²) in [5, 5.41) is 47.0. The zero-order valence-corrected chi connectivity index (χ0v) is 20.4. The van der Waals surface area contributed by atoms with Crippen LogP contribution >= 0.6 is 0 Å². The Morgan fingerprint density at radius 2 is 1.87 bits per heavy atom. The second kappa shape index (κ2) is 10.7. The molecule has 0 aliphatic carbocycles. The molecular formula is C24H28F3N5O6. The molecule has 0 amide bonds. The van der Waals surface area contributed by atoms with E-state index in [2.05, 4.69) is 20.8 Å². The van der Waals surface area contributed by atoms with Crippen LogP contribution < -0.4 is 5.32 Å².